The van der Waals surface area contributed by atoms with E-state index in [4.69, 9.17) is 0 Å². The molecule has 5 heteroatoms. The molecule has 0 unspecified atom stereocenters. The molecule has 2 aromatic carbocycles. The number of hydrogen-bond donors (Lipinski definition) is 2. The Bertz CT molecular complexity index is 943. The maximum atomic E-state index is 13.0. The van der Waals surface area contributed by atoms with Gasteiger partial charge >= 0.3 is 0 Å². The van der Waals surface area contributed by atoms with Gasteiger partial charge in [0, 0.05) is 38.3 Å². The lowest BCUT2D eigenvalue weighted by molar-refractivity contribution is 0.0926. The Hall–Kier alpha value is -2.40. The number of hydrogen-bond acceptors (Lipinski definition) is 3. The van der Waals surface area contributed by atoms with Crippen LogP contribution in [0.5, 0.6) is 0 Å². The van der Waals surface area contributed by atoms with Crippen molar-refractivity contribution in [3.8, 4) is 0 Å². The molecule has 1 fully saturated rings. The van der Waals surface area contributed by atoms with Crippen molar-refractivity contribution in [3.05, 3.63) is 64.8 Å². The van der Waals surface area contributed by atoms with E-state index in [0.717, 1.165) is 25.7 Å². The fourth-order valence-corrected chi connectivity index (χ4v) is 4.74. The Labute approximate surface area is 162 Å². The van der Waals surface area contributed by atoms with Crippen molar-refractivity contribution in [3.63, 3.8) is 0 Å². The summed E-state index contributed by atoms with van der Waals surface area (Å²) in [5, 5.41) is 8.08. The molecule has 2 N–H and O–H groups in total. The summed E-state index contributed by atoms with van der Waals surface area (Å²) in [7, 11) is 0. The van der Waals surface area contributed by atoms with Crippen molar-refractivity contribution in [2.24, 2.45) is 0 Å². The predicted octanol–water partition coefficient (Wildman–Crippen LogP) is 5.50. The predicted molar refractivity (Wildman–Crippen MR) is 110 cm³/mol. The number of rotatable bonds is 4. The van der Waals surface area contributed by atoms with Crippen LogP contribution < -0.4 is 10.6 Å². The lowest BCUT2D eigenvalue weighted by Crippen LogP contribution is -2.40. The van der Waals surface area contributed by atoms with Crippen molar-refractivity contribution in [1.29, 1.82) is 0 Å². The first-order chi connectivity index (χ1) is 13.1. The molecule has 3 aromatic rings. The standard InChI is InChI=1S/C22H23FN2OS/c1-14-13-19-20(3-2-4-21(19)27-14)24-17-9-11-18(12-10-17)25-22(26)15-5-7-16(23)8-6-15/h2-8,13,17-18,24H,9-12H2,1H3,(H,25,26). The van der Waals surface area contributed by atoms with Crippen molar-refractivity contribution in [2.45, 2.75) is 44.7 Å². The van der Waals surface area contributed by atoms with E-state index in [1.165, 1.54) is 44.9 Å². The Balaban J connectivity index is 1.33. The molecular weight excluding hydrogens is 359 g/mol. The van der Waals surface area contributed by atoms with Crippen LogP contribution in [0, 0.1) is 12.7 Å². The molecule has 1 aliphatic carbocycles. The van der Waals surface area contributed by atoms with Crippen molar-refractivity contribution in [2.75, 3.05) is 5.32 Å². The van der Waals surface area contributed by atoms with Crippen molar-refractivity contribution in [1.82, 2.24) is 5.32 Å². The average molecular weight is 383 g/mol. The number of carbonyl (C=O) groups excluding carboxylic acids is 1. The highest BCUT2D eigenvalue weighted by Gasteiger charge is 2.23. The van der Waals surface area contributed by atoms with Gasteiger partial charge in [-0.05, 0) is 75.1 Å². The van der Waals surface area contributed by atoms with Gasteiger partial charge in [-0.1, -0.05) is 6.07 Å². The zero-order chi connectivity index (χ0) is 18.8. The van der Waals surface area contributed by atoms with Gasteiger partial charge in [0.05, 0.1) is 0 Å². The molecule has 1 saturated carbocycles. The van der Waals surface area contributed by atoms with Crippen LogP contribution in [0.4, 0.5) is 10.1 Å². The molecule has 140 valence electrons. The maximum Gasteiger partial charge on any atom is 0.251 e. The number of benzene rings is 2. The molecule has 27 heavy (non-hydrogen) atoms. The number of nitrogens with one attached hydrogen (secondary N) is 2. The molecule has 1 amide bonds. The third-order valence-corrected chi connectivity index (χ3v) is 6.23. The summed E-state index contributed by atoms with van der Waals surface area (Å²) >= 11 is 1.82. The zero-order valence-corrected chi connectivity index (χ0v) is 16.1. The number of amides is 1. The number of aryl methyl sites for hydroxylation is 1. The van der Waals surface area contributed by atoms with Gasteiger partial charge in [0.2, 0.25) is 0 Å². The summed E-state index contributed by atoms with van der Waals surface area (Å²) in [6.07, 6.45) is 3.94. The van der Waals surface area contributed by atoms with Crippen molar-refractivity contribution >= 4 is 33.0 Å². The SMILES string of the molecule is Cc1cc2c(NC3CCC(NC(=O)c4ccc(F)cc4)CC3)cccc2s1. The van der Waals surface area contributed by atoms with E-state index in [2.05, 4.69) is 41.8 Å². The number of fused-ring (bicyclic) bond motifs is 1. The average Bonchev–Trinajstić information content (AvgIpc) is 3.05. The van der Waals surface area contributed by atoms with Crippen LogP contribution in [-0.4, -0.2) is 18.0 Å². The van der Waals surface area contributed by atoms with E-state index in [1.54, 1.807) is 0 Å². The number of thiophene rings is 1. The van der Waals surface area contributed by atoms with Gasteiger partial charge in [-0.2, -0.15) is 0 Å². The molecule has 1 aliphatic rings. The summed E-state index contributed by atoms with van der Waals surface area (Å²) in [5.74, 6) is -0.445. The lowest BCUT2D eigenvalue weighted by atomic mass is 9.90. The molecule has 3 nitrogen and oxygen atoms in total. The zero-order valence-electron chi connectivity index (χ0n) is 15.3. The second-order valence-electron chi connectivity index (χ2n) is 7.25. The number of carbonyl (C=O) groups is 1. The summed E-state index contributed by atoms with van der Waals surface area (Å²) in [6.45, 7) is 2.14. The third kappa shape index (κ3) is 4.14. The summed E-state index contributed by atoms with van der Waals surface area (Å²) in [5.41, 5.74) is 1.71. The third-order valence-electron chi connectivity index (χ3n) is 5.21. The molecule has 0 saturated heterocycles. The lowest BCUT2D eigenvalue weighted by Gasteiger charge is -2.30. The maximum absolute atomic E-state index is 13.0. The van der Waals surface area contributed by atoms with Gasteiger partial charge in [0.1, 0.15) is 5.82 Å². The van der Waals surface area contributed by atoms with Gasteiger partial charge in [-0.15, -0.1) is 11.3 Å². The number of halogens is 1. The van der Waals surface area contributed by atoms with Crippen LogP contribution in [0.1, 0.15) is 40.9 Å². The molecule has 1 aromatic heterocycles. The van der Waals surface area contributed by atoms with Crippen molar-refractivity contribution < 1.29 is 9.18 Å². The first kappa shape index (κ1) is 18.0. The Morgan fingerprint density at radius 1 is 1.04 bits per heavy atom. The van der Waals surface area contributed by atoms with Gasteiger partial charge in [-0.3, -0.25) is 4.79 Å². The van der Waals surface area contributed by atoms with Crippen LogP contribution >= 0.6 is 11.3 Å². The highest BCUT2D eigenvalue weighted by Crippen LogP contribution is 2.32. The molecule has 0 bridgehead atoms. The Kier molecular flexibility index (Phi) is 5.12. The van der Waals surface area contributed by atoms with Crippen LogP contribution in [0.25, 0.3) is 10.1 Å². The molecule has 0 aliphatic heterocycles. The summed E-state index contributed by atoms with van der Waals surface area (Å²) in [4.78, 5) is 13.6. The minimum absolute atomic E-state index is 0.120. The molecule has 0 spiro atoms. The Morgan fingerprint density at radius 3 is 2.48 bits per heavy atom. The molecule has 0 atom stereocenters. The fourth-order valence-electron chi connectivity index (χ4n) is 3.79. The second kappa shape index (κ2) is 7.69. The molecule has 4 rings (SSSR count). The van der Waals surface area contributed by atoms with Gasteiger partial charge in [0.15, 0.2) is 0 Å². The van der Waals surface area contributed by atoms with Gasteiger partial charge in [-0.25, -0.2) is 4.39 Å². The van der Waals surface area contributed by atoms with Crippen LogP contribution in [0.15, 0.2) is 48.5 Å². The minimum atomic E-state index is -0.325. The van der Waals surface area contributed by atoms with Gasteiger partial charge < -0.3 is 10.6 Å². The summed E-state index contributed by atoms with van der Waals surface area (Å²) in [6, 6.07) is 15.0. The topological polar surface area (TPSA) is 41.1 Å². The Morgan fingerprint density at radius 2 is 1.74 bits per heavy atom. The monoisotopic (exact) mass is 382 g/mol. The van der Waals surface area contributed by atoms with E-state index in [9.17, 15) is 9.18 Å². The fraction of sp³-hybridized carbons (Fsp3) is 0.318. The van der Waals surface area contributed by atoms with Crippen LogP contribution in [0.2, 0.25) is 0 Å². The summed E-state index contributed by atoms with van der Waals surface area (Å²) < 4.78 is 14.3. The molecular formula is C22H23FN2OS. The van der Waals surface area contributed by atoms with E-state index in [1.807, 2.05) is 11.3 Å². The highest BCUT2D eigenvalue weighted by molar-refractivity contribution is 7.19. The van der Waals surface area contributed by atoms with Crippen LogP contribution in [0.3, 0.4) is 0 Å². The molecule has 1 heterocycles. The van der Waals surface area contributed by atoms with Crippen LogP contribution in [-0.2, 0) is 0 Å². The normalized spacial score (nSPS) is 19.8. The van der Waals surface area contributed by atoms with Gasteiger partial charge in [0.25, 0.3) is 5.91 Å². The van der Waals surface area contributed by atoms with E-state index >= 15 is 0 Å². The highest BCUT2D eigenvalue weighted by atomic mass is 32.1. The molecule has 0 radical (unpaired) electrons. The first-order valence-electron chi connectivity index (χ1n) is 9.40. The smallest absolute Gasteiger partial charge is 0.251 e. The van der Waals surface area contributed by atoms with E-state index in [-0.39, 0.29) is 17.8 Å². The second-order valence-corrected chi connectivity index (χ2v) is 8.54. The minimum Gasteiger partial charge on any atom is -0.382 e. The number of anilines is 1. The van der Waals surface area contributed by atoms with E-state index < -0.39 is 0 Å². The quantitative estimate of drug-likeness (QED) is 0.625. The first-order valence-corrected chi connectivity index (χ1v) is 10.2. The largest absolute Gasteiger partial charge is 0.382 e. The van der Waals surface area contributed by atoms with E-state index in [0.29, 0.717) is 11.6 Å².